The van der Waals surface area contributed by atoms with Crippen molar-refractivity contribution in [1.29, 1.82) is 0 Å². The van der Waals surface area contributed by atoms with Crippen LogP contribution in [0, 0.1) is 11.8 Å². The van der Waals surface area contributed by atoms with Crippen molar-refractivity contribution in [3.05, 3.63) is 40.4 Å². The molecule has 3 aliphatic heterocycles. The third-order valence-corrected chi connectivity index (χ3v) is 8.44. The number of likely N-dealkylation sites (tertiary alicyclic amines) is 1. The highest BCUT2D eigenvalue weighted by molar-refractivity contribution is 6.35. The Bertz CT molecular complexity index is 1100. The molecule has 2 saturated heterocycles. The van der Waals surface area contributed by atoms with Gasteiger partial charge in [-0.25, -0.2) is 0 Å². The molecule has 1 saturated carbocycles. The van der Waals surface area contributed by atoms with Gasteiger partial charge in [-0.05, 0) is 51.3 Å². The van der Waals surface area contributed by atoms with Crippen molar-refractivity contribution < 1.29 is 23.9 Å². The molecule has 1 aromatic carbocycles. The smallest absolute Gasteiger partial charge is 0.246 e. The minimum Gasteiger partial charge on any atom is -0.379 e. The van der Waals surface area contributed by atoms with Crippen molar-refractivity contribution in [2.75, 3.05) is 18.5 Å². The molecule has 3 amide bonds. The Balaban J connectivity index is 1.40. The zero-order valence-electron chi connectivity index (χ0n) is 21.8. The monoisotopic (exact) mass is 563 g/mol. The molecule has 38 heavy (non-hydrogen) atoms. The second-order valence-corrected chi connectivity index (χ2v) is 11.9. The topological polar surface area (TPSA) is 97.0 Å². The number of hydrogen-bond acceptors (Lipinski definition) is 5. The summed E-state index contributed by atoms with van der Waals surface area (Å²) in [4.78, 5) is 42.9. The Kier molecular flexibility index (Phi) is 8.06. The van der Waals surface area contributed by atoms with Gasteiger partial charge in [-0.2, -0.15) is 0 Å². The summed E-state index contributed by atoms with van der Waals surface area (Å²) in [7, 11) is 0. The highest BCUT2D eigenvalue weighted by Gasteiger charge is 2.72. The number of carbonyl (C=O) groups excluding carboxylic acids is 3. The number of nitrogens with one attached hydrogen (secondary N) is 2. The van der Waals surface area contributed by atoms with Crippen LogP contribution in [-0.4, -0.2) is 65.7 Å². The fourth-order valence-electron chi connectivity index (χ4n) is 6.44. The van der Waals surface area contributed by atoms with E-state index in [2.05, 4.69) is 10.6 Å². The van der Waals surface area contributed by atoms with Crippen molar-refractivity contribution in [3.8, 4) is 0 Å². The minimum absolute atomic E-state index is 0.0718. The van der Waals surface area contributed by atoms with Gasteiger partial charge in [0.25, 0.3) is 0 Å². The van der Waals surface area contributed by atoms with Crippen molar-refractivity contribution in [2.24, 2.45) is 11.8 Å². The number of carbonyl (C=O) groups is 3. The molecule has 8 nitrogen and oxygen atoms in total. The van der Waals surface area contributed by atoms with Crippen molar-refractivity contribution in [3.63, 3.8) is 0 Å². The average molecular weight is 565 g/mol. The lowest BCUT2D eigenvalue weighted by Crippen LogP contribution is -2.56. The van der Waals surface area contributed by atoms with Crippen LogP contribution in [0.2, 0.25) is 10.0 Å². The summed E-state index contributed by atoms with van der Waals surface area (Å²) in [6, 6.07) is 4.02. The van der Waals surface area contributed by atoms with Crippen LogP contribution < -0.4 is 10.6 Å². The summed E-state index contributed by atoms with van der Waals surface area (Å²) in [5, 5.41) is 6.83. The number of ether oxygens (including phenoxy) is 2. The summed E-state index contributed by atoms with van der Waals surface area (Å²) >= 11 is 12.2. The SMILES string of the molecule is CC(C)OCCCN1C(=O)[C@@H]2[C@H](C(=O)Nc3cc(Cl)cc(Cl)c3)[C@@H]3C=C[C@@]2(O3)[C@H]1C(=O)NC1CCCCC1. The Morgan fingerprint density at radius 2 is 1.84 bits per heavy atom. The third-order valence-electron chi connectivity index (χ3n) is 8.00. The number of hydrogen-bond donors (Lipinski definition) is 2. The van der Waals surface area contributed by atoms with E-state index in [9.17, 15) is 14.4 Å². The highest BCUT2D eigenvalue weighted by Crippen LogP contribution is 2.55. The first-order chi connectivity index (χ1) is 18.2. The molecule has 0 radical (unpaired) electrons. The van der Waals surface area contributed by atoms with Crippen LogP contribution in [-0.2, 0) is 23.9 Å². The number of nitrogens with zero attached hydrogens (tertiary/aromatic N) is 1. The molecule has 4 aliphatic rings. The Morgan fingerprint density at radius 1 is 1.13 bits per heavy atom. The van der Waals surface area contributed by atoms with Gasteiger partial charge >= 0.3 is 0 Å². The molecular weight excluding hydrogens is 529 g/mol. The van der Waals surface area contributed by atoms with Crippen LogP contribution in [0.3, 0.4) is 0 Å². The van der Waals surface area contributed by atoms with Gasteiger partial charge in [-0.15, -0.1) is 0 Å². The van der Waals surface area contributed by atoms with Gasteiger partial charge in [0, 0.05) is 34.9 Å². The second kappa shape index (κ2) is 11.2. The van der Waals surface area contributed by atoms with Crippen LogP contribution in [0.5, 0.6) is 0 Å². The molecule has 5 rings (SSSR count). The van der Waals surface area contributed by atoms with E-state index in [1.807, 2.05) is 26.0 Å². The zero-order valence-corrected chi connectivity index (χ0v) is 23.3. The first-order valence-electron chi connectivity index (χ1n) is 13.6. The molecule has 1 aliphatic carbocycles. The van der Waals surface area contributed by atoms with E-state index in [1.165, 1.54) is 6.42 Å². The van der Waals surface area contributed by atoms with Gasteiger partial charge in [0.05, 0.1) is 24.0 Å². The number of rotatable bonds is 9. The normalized spacial score (nSPS) is 30.2. The third kappa shape index (κ3) is 5.20. The predicted molar refractivity (Wildman–Crippen MR) is 145 cm³/mol. The quantitative estimate of drug-likeness (QED) is 0.344. The molecule has 5 atom stereocenters. The maximum absolute atomic E-state index is 14.0. The predicted octanol–water partition coefficient (Wildman–Crippen LogP) is 4.35. The number of fused-ring (bicyclic) bond motifs is 1. The maximum atomic E-state index is 14.0. The molecule has 0 unspecified atom stereocenters. The largest absolute Gasteiger partial charge is 0.379 e. The lowest BCUT2D eigenvalue weighted by Gasteiger charge is -2.34. The fourth-order valence-corrected chi connectivity index (χ4v) is 6.97. The molecule has 1 aromatic rings. The summed E-state index contributed by atoms with van der Waals surface area (Å²) in [6.07, 6.45) is 8.86. The van der Waals surface area contributed by atoms with Gasteiger partial charge in [0.2, 0.25) is 17.7 Å². The lowest BCUT2D eigenvalue weighted by molar-refractivity contribution is -0.141. The van der Waals surface area contributed by atoms with Gasteiger partial charge in [0.15, 0.2) is 0 Å². The average Bonchev–Trinajstić information content (AvgIpc) is 3.49. The Labute approximate surface area is 233 Å². The van der Waals surface area contributed by atoms with E-state index in [0.29, 0.717) is 35.3 Å². The summed E-state index contributed by atoms with van der Waals surface area (Å²) < 4.78 is 12.1. The Hall–Kier alpha value is -2.13. The maximum Gasteiger partial charge on any atom is 0.246 e. The van der Waals surface area contributed by atoms with Gasteiger partial charge in [0.1, 0.15) is 11.6 Å². The molecule has 206 valence electrons. The van der Waals surface area contributed by atoms with Crippen LogP contribution in [0.1, 0.15) is 52.4 Å². The molecular formula is C28H35Cl2N3O5. The van der Waals surface area contributed by atoms with E-state index in [0.717, 1.165) is 25.7 Å². The Morgan fingerprint density at radius 3 is 2.53 bits per heavy atom. The molecule has 0 aromatic heterocycles. The lowest BCUT2D eigenvalue weighted by atomic mass is 9.74. The standard InChI is InChI=1S/C28H35Cl2N3O5/c1-16(2)37-12-6-11-33-24(26(35)31-19-7-4-3-5-8-19)28-10-9-21(38-28)22(23(28)27(33)36)25(34)32-20-14-17(29)13-18(30)15-20/h9-10,13-16,19,21-24H,3-8,11-12H2,1-2H3,(H,31,35)(H,32,34)/t21-,22+,23-,24+,28-/m0/s1. The van der Waals surface area contributed by atoms with E-state index in [4.69, 9.17) is 32.7 Å². The van der Waals surface area contributed by atoms with Gasteiger partial charge in [-0.1, -0.05) is 54.6 Å². The van der Waals surface area contributed by atoms with Crippen molar-refractivity contribution >= 4 is 46.6 Å². The fraction of sp³-hybridized carbons (Fsp3) is 0.607. The van der Waals surface area contributed by atoms with Gasteiger partial charge < -0.3 is 25.0 Å². The number of amides is 3. The van der Waals surface area contributed by atoms with Crippen LogP contribution in [0.25, 0.3) is 0 Å². The van der Waals surface area contributed by atoms with Crippen LogP contribution in [0.15, 0.2) is 30.4 Å². The van der Waals surface area contributed by atoms with E-state index < -0.39 is 29.6 Å². The van der Waals surface area contributed by atoms with Crippen molar-refractivity contribution in [1.82, 2.24) is 10.2 Å². The first kappa shape index (κ1) is 27.4. The minimum atomic E-state index is -1.19. The van der Waals surface area contributed by atoms with E-state index in [-0.39, 0.29) is 29.9 Å². The van der Waals surface area contributed by atoms with Crippen LogP contribution in [0.4, 0.5) is 5.69 Å². The molecule has 10 heteroatoms. The first-order valence-corrected chi connectivity index (χ1v) is 14.3. The zero-order chi connectivity index (χ0) is 27.0. The second-order valence-electron chi connectivity index (χ2n) is 11.0. The molecule has 2 bridgehead atoms. The van der Waals surface area contributed by atoms with E-state index in [1.54, 1.807) is 23.1 Å². The number of anilines is 1. The van der Waals surface area contributed by atoms with Crippen molar-refractivity contribution in [2.45, 2.75) is 82.3 Å². The van der Waals surface area contributed by atoms with Gasteiger partial charge in [-0.3, -0.25) is 14.4 Å². The molecule has 3 fully saturated rings. The van der Waals surface area contributed by atoms with Crippen LogP contribution >= 0.6 is 23.2 Å². The van der Waals surface area contributed by atoms with E-state index >= 15 is 0 Å². The molecule has 2 N–H and O–H groups in total. The number of benzene rings is 1. The summed E-state index contributed by atoms with van der Waals surface area (Å²) in [5.41, 5.74) is -0.749. The summed E-state index contributed by atoms with van der Waals surface area (Å²) in [5.74, 6) is -2.42. The molecule has 3 heterocycles. The number of halogens is 2. The highest BCUT2D eigenvalue weighted by atomic mass is 35.5. The molecule has 1 spiro atoms. The summed E-state index contributed by atoms with van der Waals surface area (Å²) in [6.45, 7) is 4.72.